The van der Waals surface area contributed by atoms with Crippen LogP contribution in [-0.4, -0.2) is 26.5 Å². The Hall–Kier alpha value is -4.21. The molecule has 0 unspecified atom stereocenters. The van der Waals surface area contributed by atoms with E-state index in [1.54, 1.807) is 37.3 Å². The Morgan fingerprint density at radius 3 is 2.73 bits per heavy atom. The van der Waals surface area contributed by atoms with Crippen molar-refractivity contribution in [2.45, 2.75) is 13.5 Å². The molecule has 0 fully saturated rings. The van der Waals surface area contributed by atoms with Gasteiger partial charge in [-0.05, 0) is 36.2 Å². The summed E-state index contributed by atoms with van der Waals surface area (Å²) in [4.78, 5) is 34.8. The zero-order chi connectivity index (χ0) is 21.8. The first-order chi connectivity index (χ1) is 14.3. The first kappa shape index (κ1) is 20.5. The van der Waals surface area contributed by atoms with Crippen molar-refractivity contribution in [2.75, 3.05) is 5.32 Å². The zero-order valence-electron chi connectivity index (χ0n) is 16.3. The van der Waals surface area contributed by atoms with Crippen molar-refractivity contribution < 1.29 is 19.2 Å². The van der Waals surface area contributed by atoms with Crippen LogP contribution < -0.4 is 15.8 Å². The number of anilines is 1. The highest BCUT2D eigenvalue weighted by Crippen LogP contribution is 2.28. The number of carbonyl (C=O) groups excluding carboxylic acids is 2. The molecule has 0 aliphatic heterocycles. The van der Waals surface area contributed by atoms with E-state index in [9.17, 15) is 19.7 Å². The topological polar surface area (TPSA) is 142 Å². The van der Waals surface area contributed by atoms with Gasteiger partial charge in [0.1, 0.15) is 12.3 Å². The lowest BCUT2D eigenvalue weighted by Crippen LogP contribution is -2.20. The minimum Gasteiger partial charge on any atom is -0.482 e. The molecule has 0 bridgehead atoms. The third kappa shape index (κ3) is 4.43. The summed E-state index contributed by atoms with van der Waals surface area (Å²) in [7, 11) is 1.54. The Balaban J connectivity index is 1.75. The molecule has 0 saturated heterocycles. The zero-order valence-corrected chi connectivity index (χ0v) is 16.3. The van der Waals surface area contributed by atoms with Gasteiger partial charge >= 0.3 is 5.69 Å². The first-order valence-corrected chi connectivity index (χ1v) is 8.86. The number of aryl methyl sites for hydroxylation is 2. The minimum absolute atomic E-state index is 0.0322. The van der Waals surface area contributed by atoms with Gasteiger partial charge in [0.05, 0.1) is 16.8 Å². The second kappa shape index (κ2) is 8.43. The number of primary amides is 1. The van der Waals surface area contributed by atoms with Gasteiger partial charge < -0.3 is 15.8 Å². The number of amides is 2. The van der Waals surface area contributed by atoms with Crippen LogP contribution in [0.5, 0.6) is 5.75 Å². The molecule has 10 heteroatoms. The molecule has 2 aromatic carbocycles. The van der Waals surface area contributed by atoms with E-state index < -0.39 is 16.7 Å². The number of hydrogen-bond acceptors (Lipinski definition) is 6. The minimum atomic E-state index is -0.716. The Bertz CT molecular complexity index is 1140. The predicted molar refractivity (Wildman–Crippen MR) is 108 cm³/mol. The van der Waals surface area contributed by atoms with Crippen LogP contribution in [0.3, 0.4) is 0 Å². The Morgan fingerprint density at radius 1 is 1.27 bits per heavy atom. The molecule has 0 aliphatic rings. The molecule has 3 aromatic rings. The Morgan fingerprint density at radius 2 is 2.03 bits per heavy atom. The maximum Gasteiger partial charge on any atom is 0.311 e. The van der Waals surface area contributed by atoms with E-state index in [4.69, 9.17) is 10.5 Å². The highest BCUT2D eigenvalue weighted by molar-refractivity contribution is 6.08. The molecule has 2 amide bonds. The third-order valence-corrected chi connectivity index (χ3v) is 4.32. The van der Waals surface area contributed by atoms with Gasteiger partial charge in [-0.1, -0.05) is 18.2 Å². The highest BCUT2D eigenvalue weighted by atomic mass is 16.6. The number of ether oxygens (including phenoxy) is 1. The molecule has 0 atom stereocenters. The van der Waals surface area contributed by atoms with E-state index in [0.717, 1.165) is 5.56 Å². The number of nitrogens with one attached hydrogen (secondary N) is 1. The summed E-state index contributed by atoms with van der Waals surface area (Å²) in [6.07, 6.45) is 1.33. The number of nitro groups is 1. The summed E-state index contributed by atoms with van der Waals surface area (Å²) in [5.74, 6) is -1.04. The number of aromatic nitrogens is 2. The standard InChI is InChI=1S/C20H19N5O5/c1-12-6-7-17(16(8-12)25(28)29)30-11-13-4-3-5-14(9-13)20(27)23-15-10-22-24(2)18(15)19(21)26/h3-10H,11H2,1-2H3,(H2,21,26)(H,23,27). The Labute approximate surface area is 171 Å². The van der Waals surface area contributed by atoms with Gasteiger partial charge in [-0.25, -0.2) is 0 Å². The predicted octanol–water partition coefficient (Wildman–Crippen LogP) is 2.57. The summed E-state index contributed by atoms with van der Waals surface area (Å²) < 4.78 is 6.87. The van der Waals surface area contributed by atoms with Crippen molar-refractivity contribution in [3.63, 3.8) is 0 Å². The lowest BCUT2D eigenvalue weighted by atomic mass is 10.1. The van der Waals surface area contributed by atoms with E-state index in [1.165, 1.54) is 30.1 Å². The second-order valence-corrected chi connectivity index (χ2v) is 6.57. The molecule has 154 valence electrons. The highest BCUT2D eigenvalue weighted by Gasteiger charge is 2.18. The number of hydrogen-bond donors (Lipinski definition) is 2. The van der Waals surface area contributed by atoms with Crippen LogP contribution in [-0.2, 0) is 13.7 Å². The van der Waals surface area contributed by atoms with Crippen molar-refractivity contribution in [3.8, 4) is 5.75 Å². The van der Waals surface area contributed by atoms with Crippen molar-refractivity contribution in [1.82, 2.24) is 9.78 Å². The van der Waals surface area contributed by atoms with Crippen LogP contribution >= 0.6 is 0 Å². The molecular weight excluding hydrogens is 390 g/mol. The molecule has 0 radical (unpaired) electrons. The molecule has 1 heterocycles. The van der Waals surface area contributed by atoms with E-state index in [-0.39, 0.29) is 29.4 Å². The largest absolute Gasteiger partial charge is 0.482 e. The lowest BCUT2D eigenvalue weighted by molar-refractivity contribution is -0.386. The van der Waals surface area contributed by atoms with Gasteiger partial charge in [0.25, 0.3) is 11.8 Å². The first-order valence-electron chi connectivity index (χ1n) is 8.86. The van der Waals surface area contributed by atoms with Crippen LogP contribution in [0, 0.1) is 17.0 Å². The van der Waals surface area contributed by atoms with Crippen molar-refractivity contribution in [1.29, 1.82) is 0 Å². The van der Waals surface area contributed by atoms with Gasteiger partial charge in [-0.3, -0.25) is 24.4 Å². The molecule has 3 N–H and O–H groups in total. The summed E-state index contributed by atoms with van der Waals surface area (Å²) in [6, 6.07) is 11.3. The molecule has 30 heavy (non-hydrogen) atoms. The van der Waals surface area contributed by atoms with Crippen LogP contribution in [0.4, 0.5) is 11.4 Å². The lowest BCUT2D eigenvalue weighted by Gasteiger charge is -2.09. The molecule has 0 saturated carbocycles. The summed E-state index contributed by atoms with van der Waals surface area (Å²) in [5.41, 5.74) is 7.17. The van der Waals surface area contributed by atoms with Gasteiger partial charge in [0.15, 0.2) is 5.75 Å². The summed E-state index contributed by atoms with van der Waals surface area (Å²) in [6.45, 7) is 1.79. The smallest absolute Gasteiger partial charge is 0.311 e. The van der Waals surface area contributed by atoms with Crippen LogP contribution in [0.1, 0.15) is 32.0 Å². The molecule has 0 spiro atoms. The monoisotopic (exact) mass is 409 g/mol. The fraction of sp³-hybridized carbons (Fsp3) is 0.150. The second-order valence-electron chi connectivity index (χ2n) is 6.57. The number of nitrogens with zero attached hydrogens (tertiary/aromatic N) is 3. The van der Waals surface area contributed by atoms with Crippen molar-refractivity contribution in [2.24, 2.45) is 12.8 Å². The normalized spacial score (nSPS) is 10.5. The van der Waals surface area contributed by atoms with Gasteiger partial charge in [-0.15, -0.1) is 0 Å². The van der Waals surface area contributed by atoms with Gasteiger partial charge in [0, 0.05) is 18.7 Å². The van der Waals surface area contributed by atoms with E-state index >= 15 is 0 Å². The number of nitrogens with two attached hydrogens (primary N) is 1. The Kier molecular flexibility index (Phi) is 5.77. The number of nitro benzene ring substituents is 1. The average molecular weight is 409 g/mol. The molecule has 1 aromatic heterocycles. The third-order valence-electron chi connectivity index (χ3n) is 4.32. The van der Waals surface area contributed by atoms with Crippen LogP contribution in [0.2, 0.25) is 0 Å². The van der Waals surface area contributed by atoms with Crippen LogP contribution in [0.25, 0.3) is 0 Å². The van der Waals surface area contributed by atoms with Gasteiger partial charge in [-0.2, -0.15) is 5.10 Å². The average Bonchev–Trinajstić information content (AvgIpc) is 3.07. The van der Waals surface area contributed by atoms with Crippen molar-refractivity contribution in [3.05, 3.63) is 81.2 Å². The number of rotatable bonds is 7. The summed E-state index contributed by atoms with van der Waals surface area (Å²) >= 11 is 0. The molecule has 10 nitrogen and oxygen atoms in total. The van der Waals surface area contributed by atoms with E-state index in [1.807, 2.05) is 0 Å². The maximum absolute atomic E-state index is 12.6. The van der Waals surface area contributed by atoms with Gasteiger partial charge in [0.2, 0.25) is 0 Å². The number of benzene rings is 2. The fourth-order valence-corrected chi connectivity index (χ4v) is 2.87. The molecule has 0 aliphatic carbocycles. The van der Waals surface area contributed by atoms with Crippen LogP contribution in [0.15, 0.2) is 48.7 Å². The van der Waals surface area contributed by atoms with E-state index in [2.05, 4.69) is 10.4 Å². The fourth-order valence-electron chi connectivity index (χ4n) is 2.87. The SMILES string of the molecule is Cc1ccc(OCc2cccc(C(=O)Nc3cnn(C)c3C(N)=O)c2)c([N+](=O)[O-])c1. The summed E-state index contributed by atoms with van der Waals surface area (Å²) in [5, 5.41) is 17.7. The van der Waals surface area contributed by atoms with Crippen molar-refractivity contribution >= 4 is 23.2 Å². The molecule has 3 rings (SSSR count). The molecular formula is C20H19N5O5. The van der Waals surface area contributed by atoms with E-state index in [0.29, 0.717) is 11.1 Å². The number of carbonyl (C=O) groups is 2. The maximum atomic E-state index is 12.6. The quantitative estimate of drug-likeness (QED) is 0.453.